The molecule has 1 aromatic rings. The predicted molar refractivity (Wildman–Crippen MR) is 53.9 cm³/mol. The van der Waals surface area contributed by atoms with Gasteiger partial charge in [0.1, 0.15) is 0 Å². The van der Waals surface area contributed by atoms with E-state index in [0.29, 0.717) is 5.56 Å². The normalized spacial score (nSPS) is 33.5. The molecule has 5 heteroatoms. The summed E-state index contributed by atoms with van der Waals surface area (Å²) in [6, 6.07) is 6.87. The van der Waals surface area contributed by atoms with Gasteiger partial charge in [0.25, 0.3) is 0 Å². The first kappa shape index (κ1) is 10.4. The highest BCUT2D eigenvalue weighted by Gasteiger charge is 2.71. The number of alkyl halides is 4. The van der Waals surface area contributed by atoms with Gasteiger partial charge in [-0.3, -0.25) is 0 Å². The zero-order valence-electron chi connectivity index (χ0n) is 8.09. The van der Waals surface area contributed by atoms with Crippen molar-refractivity contribution in [3.8, 4) is 0 Å². The molecule has 0 N–H and O–H groups in total. The standard InChI is InChI=1S/C11H8F4S/c12-10(13)8-5-6-3-1-2-4-7(6)9(8)16-11(10,14)15/h1-4,8-9H,5H2/t8-,9+/m1/s1. The molecule has 1 aromatic carbocycles. The topological polar surface area (TPSA) is 0 Å². The minimum absolute atomic E-state index is 0.0520. The fourth-order valence-corrected chi connectivity index (χ4v) is 3.89. The molecule has 2 atom stereocenters. The highest BCUT2D eigenvalue weighted by molar-refractivity contribution is 8.00. The molecule has 0 amide bonds. The van der Waals surface area contributed by atoms with E-state index in [4.69, 9.17) is 0 Å². The summed E-state index contributed by atoms with van der Waals surface area (Å²) in [7, 11) is 0. The van der Waals surface area contributed by atoms with Crippen molar-refractivity contribution in [2.45, 2.75) is 22.8 Å². The van der Waals surface area contributed by atoms with Gasteiger partial charge in [0.05, 0.1) is 5.92 Å². The first-order chi connectivity index (χ1) is 7.43. The Balaban J connectivity index is 2.08. The van der Waals surface area contributed by atoms with E-state index in [1.807, 2.05) is 0 Å². The maximum atomic E-state index is 13.5. The molecule has 2 aliphatic rings. The minimum atomic E-state index is -3.93. The average molecular weight is 248 g/mol. The second-order valence-electron chi connectivity index (χ2n) is 4.19. The molecular formula is C11H8F4S. The van der Waals surface area contributed by atoms with Crippen molar-refractivity contribution in [1.82, 2.24) is 0 Å². The van der Waals surface area contributed by atoms with Crippen LogP contribution in [0.25, 0.3) is 0 Å². The van der Waals surface area contributed by atoms with Gasteiger partial charge in [-0.1, -0.05) is 36.0 Å². The van der Waals surface area contributed by atoms with Crippen LogP contribution in [-0.2, 0) is 6.42 Å². The van der Waals surface area contributed by atoms with E-state index < -0.39 is 22.3 Å². The van der Waals surface area contributed by atoms with Crippen molar-refractivity contribution in [2.24, 2.45) is 5.92 Å². The van der Waals surface area contributed by atoms with Gasteiger partial charge in [-0.05, 0) is 17.5 Å². The quantitative estimate of drug-likeness (QED) is 0.628. The first-order valence-electron chi connectivity index (χ1n) is 4.95. The number of fused-ring (bicyclic) bond motifs is 3. The lowest BCUT2D eigenvalue weighted by Crippen LogP contribution is -2.38. The van der Waals surface area contributed by atoms with Crippen LogP contribution in [-0.4, -0.2) is 11.2 Å². The summed E-state index contributed by atoms with van der Waals surface area (Å²) in [4.78, 5) is 0. The maximum absolute atomic E-state index is 13.5. The molecule has 0 nitrogen and oxygen atoms in total. The van der Waals surface area contributed by atoms with Crippen LogP contribution in [0.15, 0.2) is 24.3 Å². The lowest BCUT2D eigenvalue weighted by Gasteiger charge is -2.21. The Hall–Kier alpha value is -0.710. The lowest BCUT2D eigenvalue weighted by molar-refractivity contribution is -0.172. The van der Waals surface area contributed by atoms with E-state index in [9.17, 15) is 17.6 Å². The lowest BCUT2D eigenvalue weighted by atomic mass is 9.98. The molecule has 1 saturated heterocycles. The summed E-state index contributed by atoms with van der Waals surface area (Å²) in [6.07, 6.45) is 0.0520. The summed E-state index contributed by atoms with van der Waals surface area (Å²) in [5.41, 5.74) is 1.43. The largest absolute Gasteiger partial charge is 0.357 e. The van der Waals surface area contributed by atoms with E-state index in [1.54, 1.807) is 24.3 Å². The van der Waals surface area contributed by atoms with Crippen LogP contribution in [0, 0.1) is 5.92 Å². The summed E-state index contributed by atoms with van der Waals surface area (Å²) in [5, 5.41) is -4.70. The fourth-order valence-electron chi connectivity index (χ4n) is 2.48. The molecule has 0 spiro atoms. The molecule has 0 radical (unpaired) electrons. The highest BCUT2D eigenvalue weighted by atomic mass is 32.2. The van der Waals surface area contributed by atoms with Crippen molar-refractivity contribution < 1.29 is 17.6 Å². The number of benzene rings is 1. The van der Waals surface area contributed by atoms with E-state index >= 15 is 0 Å². The van der Waals surface area contributed by atoms with Crippen molar-refractivity contribution in [1.29, 1.82) is 0 Å². The molecule has 16 heavy (non-hydrogen) atoms. The molecule has 0 bridgehead atoms. The van der Waals surface area contributed by atoms with Gasteiger partial charge >= 0.3 is 11.2 Å². The van der Waals surface area contributed by atoms with Crippen LogP contribution >= 0.6 is 11.8 Å². The van der Waals surface area contributed by atoms with Crippen molar-refractivity contribution in [3.05, 3.63) is 35.4 Å². The average Bonchev–Trinajstić information content (AvgIpc) is 2.64. The third-order valence-corrected chi connectivity index (χ3v) is 4.70. The third kappa shape index (κ3) is 1.12. The van der Waals surface area contributed by atoms with Crippen LogP contribution in [0.1, 0.15) is 16.4 Å². The fraction of sp³-hybridized carbons (Fsp3) is 0.455. The molecule has 0 aromatic heterocycles. The molecule has 1 aliphatic heterocycles. The van der Waals surface area contributed by atoms with Crippen LogP contribution in [0.3, 0.4) is 0 Å². The van der Waals surface area contributed by atoms with Gasteiger partial charge in [0, 0.05) is 5.25 Å². The number of hydrogen-bond acceptors (Lipinski definition) is 1. The van der Waals surface area contributed by atoms with Crippen LogP contribution in [0.2, 0.25) is 0 Å². The molecule has 0 unspecified atom stereocenters. The van der Waals surface area contributed by atoms with E-state index in [2.05, 4.69) is 0 Å². The van der Waals surface area contributed by atoms with Gasteiger partial charge in [0.15, 0.2) is 0 Å². The van der Waals surface area contributed by atoms with Gasteiger partial charge in [-0.2, -0.15) is 17.6 Å². The SMILES string of the molecule is FC1(F)S[C@H]2c3ccccc3C[C@H]2C1(F)F. The van der Waals surface area contributed by atoms with Crippen LogP contribution < -0.4 is 0 Å². The number of halogens is 4. The van der Waals surface area contributed by atoms with Gasteiger partial charge < -0.3 is 0 Å². The van der Waals surface area contributed by atoms with E-state index in [0.717, 1.165) is 5.56 Å². The van der Waals surface area contributed by atoms with Gasteiger partial charge in [0.2, 0.25) is 0 Å². The molecule has 1 heterocycles. The van der Waals surface area contributed by atoms with Crippen molar-refractivity contribution in [2.75, 3.05) is 0 Å². The second kappa shape index (κ2) is 2.94. The Labute approximate surface area is 94.0 Å². The zero-order chi connectivity index (χ0) is 11.6. The summed E-state index contributed by atoms with van der Waals surface area (Å²) in [5.74, 6) is -5.16. The number of thioether (sulfide) groups is 1. The van der Waals surface area contributed by atoms with E-state index in [-0.39, 0.29) is 18.2 Å². The first-order valence-corrected chi connectivity index (χ1v) is 5.83. The van der Waals surface area contributed by atoms with Gasteiger partial charge in [-0.15, -0.1) is 0 Å². The van der Waals surface area contributed by atoms with Gasteiger partial charge in [-0.25, -0.2) is 0 Å². The Morgan fingerprint density at radius 3 is 2.56 bits per heavy atom. The molecule has 3 rings (SSSR count). The molecular weight excluding hydrogens is 240 g/mol. The summed E-state index contributed by atoms with van der Waals surface area (Å²) >= 11 is 0.105. The highest BCUT2D eigenvalue weighted by Crippen LogP contribution is 2.67. The number of rotatable bonds is 0. The molecule has 1 fully saturated rings. The Morgan fingerprint density at radius 1 is 1.12 bits per heavy atom. The van der Waals surface area contributed by atoms with Crippen LogP contribution in [0.4, 0.5) is 17.6 Å². The van der Waals surface area contributed by atoms with Crippen molar-refractivity contribution in [3.63, 3.8) is 0 Å². The van der Waals surface area contributed by atoms with E-state index in [1.165, 1.54) is 0 Å². The Bertz CT molecular complexity index is 443. The molecule has 86 valence electrons. The minimum Gasteiger partial charge on any atom is -0.198 e. The Morgan fingerprint density at radius 2 is 1.81 bits per heavy atom. The summed E-state index contributed by atoms with van der Waals surface area (Å²) in [6.45, 7) is 0. The Kier molecular flexibility index (Phi) is 1.92. The number of hydrogen-bond donors (Lipinski definition) is 0. The monoisotopic (exact) mass is 248 g/mol. The third-order valence-electron chi connectivity index (χ3n) is 3.30. The predicted octanol–water partition coefficient (Wildman–Crippen LogP) is 3.87. The van der Waals surface area contributed by atoms with Crippen molar-refractivity contribution >= 4 is 11.8 Å². The maximum Gasteiger partial charge on any atom is 0.357 e. The smallest absolute Gasteiger partial charge is 0.198 e. The molecule has 0 saturated carbocycles. The molecule has 1 aliphatic carbocycles. The van der Waals surface area contributed by atoms with Crippen LogP contribution in [0.5, 0.6) is 0 Å². The summed E-state index contributed by atoms with van der Waals surface area (Å²) < 4.78 is 53.2. The second-order valence-corrected chi connectivity index (χ2v) is 5.44. The zero-order valence-corrected chi connectivity index (χ0v) is 8.91.